The Hall–Kier alpha value is -2.48. The molecule has 1 aliphatic heterocycles. The molecule has 0 bridgehead atoms. The fourth-order valence-electron chi connectivity index (χ4n) is 4.67. The first kappa shape index (κ1) is 19.5. The van der Waals surface area contributed by atoms with Crippen LogP contribution >= 0.6 is 22.7 Å². The van der Waals surface area contributed by atoms with Crippen LogP contribution < -0.4 is 11.1 Å². The summed E-state index contributed by atoms with van der Waals surface area (Å²) in [4.78, 5) is 29.8. The summed E-state index contributed by atoms with van der Waals surface area (Å²) in [5, 5.41) is 5.75. The Bertz CT molecular complexity index is 1100. The number of nitrogens with zero attached hydrogens (tertiary/aromatic N) is 1. The van der Waals surface area contributed by atoms with Crippen LogP contribution in [-0.2, 0) is 24.1 Å². The number of amides is 2. The standard InChI is InChI=1S/C23H23N3O2S2/c24-22(28)20-15-7-4-8-18(15)30-23(20)25-19(27)13-26-11-9-17-16(10-12-29-17)21(26)14-5-2-1-3-6-14/h1-3,5-6,10,12,21H,4,7-9,11,13H2,(H2,24,28)(H,25,27)/t21-/m1/s1. The molecule has 0 radical (unpaired) electrons. The van der Waals surface area contributed by atoms with Crippen molar-refractivity contribution in [1.82, 2.24) is 4.90 Å². The molecule has 0 unspecified atom stereocenters. The van der Waals surface area contributed by atoms with Crippen LogP contribution in [0.5, 0.6) is 0 Å². The van der Waals surface area contributed by atoms with E-state index in [1.807, 2.05) is 18.2 Å². The molecule has 1 atom stereocenters. The van der Waals surface area contributed by atoms with Gasteiger partial charge in [-0.05, 0) is 53.8 Å². The minimum absolute atomic E-state index is 0.0657. The largest absolute Gasteiger partial charge is 0.365 e. The van der Waals surface area contributed by atoms with Gasteiger partial charge >= 0.3 is 0 Å². The van der Waals surface area contributed by atoms with Gasteiger partial charge in [0.15, 0.2) is 0 Å². The molecule has 0 saturated heterocycles. The van der Waals surface area contributed by atoms with Crippen molar-refractivity contribution in [3.63, 3.8) is 0 Å². The molecule has 5 nitrogen and oxygen atoms in total. The average Bonchev–Trinajstić information content (AvgIpc) is 3.43. The van der Waals surface area contributed by atoms with E-state index in [0.29, 0.717) is 10.6 Å². The monoisotopic (exact) mass is 437 g/mol. The molecule has 7 heteroatoms. The zero-order valence-electron chi connectivity index (χ0n) is 16.5. The molecular weight excluding hydrogens is 414 g/mol. The van der Waals surface area contributed by atoms with Gasteiger partial charge in [-0.1, -0.05) is 30.3 Å². The number of hydrogen-bond acceptors (Lipinski definition) is 5. The summed E-state index contributed by atoms with van der Waals surface area (Å²) in [5.41, 5.74) is 9.67. The first-order chi connectivity index (χ1) is 14.6. The van der Waals surface area contributed by atoms with Crippen LogP contribution in [0.15, 0.2) is 41.8 Å². The van der Waals surface area contributed by atoms with Crippen LogP contribution in [0.3, 0.4) is 0 Å². The number of nitrogens with one attached hydrogen (secondary N) is 1. The fraction of sp³-hybridized carbons (Fsp3) is 0.304. The molecule has 2 aliphatic rings. The molecule has 0 spiro atoms. The number of nitrogens with two attached hydrogens (primary N) is 1. The molecule has 5 rings (SSSR count). The molecule has 30 heavy (non-hydrogen) atoms. The van der Waals surface area contributed by atoms with Gasteiger partial charge in [-0.3, -0.25) is 14.5 Å². The van der Waals surface area contributed by atoms with Gasteiger partial charge in [0, 0.05) is 16.3 Å². The quantitative estimate of drug-likeness (QED) is 0.634. The first-order valence-electron chi connectivity index (χ1n) is 10.2. The zero-order chi connectivity index (χ0) is 20.7. The van der Waals surface area contributed by atoms with E-state index in [-0.39, 0.29) is 18.5 Å². The van der Waals surface area contributed by atoms with Crippen molar-refractivity contribution < 1.29 is 9.59 Å². The van der Waals surface area contributed by atoms with Gasteiger partial charge < -0.3 is 11.1 Å². The number of fused-ring (bicyclic) bond motifs is 2. The van der Waals surface area contributed by atoms with Crippen LogP contribution in [0.2, 0.25) is 0 Å². The molecule has 3 aromatic rings. The summed E-state index contributed by atoms with van der Waals surface area (Å²) in [6.45, 7) is 1.10. The Kier molecular flexibility index (Phi) is 5.18. The van der Waals surface area contributed by atoms with Crippen LogP contribution in [0.1, 0.15) is 49.3 Å². The summed E-state index contributed by atoms with van der Waals surface area (Å²) in [5.74, 6) is -0.551. The number of carbonyl (C=O) groups is 2. The molecule has 3 heterocycles. The van der Waals surface area contributed by atoms with E-state index in [0.717, 1.165) is 37.8 Å². The molecule has 1 aliphatic carbocycles. The highest BCUT2D eigenvalue weighted by Gasteiger charge is 2.32. The van der Waals surface area contributed by atoms with Crippen molar-refractivity contribution in [2.45, 2.75) is 31.7 Å². The van der Waals surface area contributed by atoms with E-state index in [1.54, 1.807) is 11.3 Å². The minimum Gasteiger partial charge on any atom is -0.365 e. The van der Waals surface area contributed by atoms with E-state index in [9.17, 15) is 9.59 Å². The number of benzene rings is 1. The van der Waals surface area contributed by atoms with E-state index in [2.05, 4.69) is 33.8 Å². The fourth-order valence-corrected chi connectivity index (χ4v) is 6.88. The number of anilines is 1. The first-order valence-corrected chi connectivity index (χ1v) is 11.9. The molecule has 2 aromatic heterocycles. The van der Waals surface area contributed by atoms with Gasteiger partial charge in [0.05, 0.1) is 18.2 Å². The lowest BCUT2D eigenvalue weighted by Crippen LogP contribution is -2.40. The lowest BCUT2D eigenvalue weighted by Gasteiger charge is -2.35. The maximum absolute atomic E-state index is 13.0. The predicted octanol–water partition coefficient (Wildman–Crippen LogP) is 3.98. The van der Waals surface area contributed by atoms with E-state index in [4.69, 9.17) is 5.73 Å². The van der Waals surface area contributed by atoms with Crippen molar-refractivity contribution >= 4 is 39.5 Å². The second kappa shape index (κ2) is 7.98. The van der Waals surface area contributed by atoms with Gasteiger partial charge in [0.25, 0.3) is 5.91 Å². The van der Waals surface area contributed by atoms with Crippen molar-refractivity contribution in [2.24, 2.45) is 5.73 Å². The van der Waals surface area contributed by atoms with Crippen molar-refractivity contribution in [1.29, 1.82) is 0 Å². The number of rotatable bonds is 5. The van der Waals surface area contributed by atoms with Crippen molar-refractivity contribution in [3.8, 4) is 0 Å². The van der Waals surface area contributed by atoms with Gasteiger partial charge in [0.2, 0.25) is 5.91 Å². The Morgan fingerprint density at radius 3 is 2.73 bits per heavy atom. The molecule has 1 aromatic carbocycles. The SMILES string of the molecule is NC(=O)c1c(NC(=O)CN2CCc3sccc3[C@H]2c2ccccc2)sc2c1CCC2. The lowest BCUT2D eigenvalue weighted by atomic mass is 9.93. The van der Waals surface area contributed by atoms with Crippen LogP contribution in [0.25, 0.3) is 0 Å². The Balaban J connectivity index is 1.39. The predicted molar refractivity (Wildman–Crippen MR) is 121 cm³/mol. The minimum atomic E-state index is -0.451. The summed E-state index contributed by atoms with van der Waals surface area (Å²) in [6.07, 6.45) is 3.82. The summed E-state index contributed by atoms with van der Waals surface area (Å²) >= 11 is 3.29. The molecule has 154 valence electrons. The Labute approximate surface area is 183 Å². The second-order valence-corrected chi connectivity index (χ2v) is 9.91. The Morgan fingerprint density at radius 1 is 1.10 bits per heavy atom. The number of hydrogen-bond donors (Lipinski definition) is 2. The Morgan fingerprint density at radius 2 is 1.93 bits per heavy atom. The van der Waals surface area contributed by atoms with E-state index >= 15 is 0 Å². The summed E-state index contributed by atoms with van der Waals surface area (Å²) in [7, 11) is 0. The van der Waals surface area contributed by atoms with Crippen LogP contribution in [0.4, 0.5) is 5.00 Å². The number of thiophene rings is 2. The van der Waals surface area contributed by atoms with Crippen LogP contribution in [0, 0.1) is 0 Å². The van der Waals surface area contributed by atoms with Crippen molar-refractivity contribution in [2.75, 3.05) is 18.4 Å². The third-order valence-corrected chi connectivity index (χ3v) is 8.15. The molecule has 3 N–H and O–H groups in total. The third kappa shape index (κ3) is 3.47. The number of aryl methyl sites for hydroxylation is 1. The highest BCUT2D eigenvalue weighted by atomic mass is 32.1. The molecule has 0 saturated carbocycles. The normalized spacial score (nSPS) is 18.1. The van der Waals surface area contributed by atoms with Gasteiger partial charge in [0.1, 0.15) is 5.00 Å². The van der Waals surface area contributed by atoms with E-state index < -0.39 is 5.91 Å². The summed E-state index contributed by atoms with van der Waals surface area (Å²) < 4.78 is 0. The van der Waals surface area contributed by atoms with Gasteiger partial charge in [-0.25, -0.2) is 0 Å². The number of carbonyl (C=O) groups excluding carboxylic acids is 2. The van der Waals surface area contributed by atoms with Gasteiger partial charge in [-0.2, -0.15) is 0 Å². The average molecular weight is 438 g/mol. The molecule has 2 amide bonds. The van der Waals surface area contributed by atoms with Gasteiger partial charge in [-0.15, -0.1) is 22.7 Å². The summed E-state index contributed by atoms with van der Waals surface area (Å²) in [6, 6.07) is 12.6. The topological polar surface area (TPSA) is 75.4 Å². The molecular formula is C23H23N3O2S2. The molecule has 0 fully saturated rings. The smallest absolute Gasteiger partial charge is 0.251 e. The highest BCUT2D eigenvalue weighted by Crippen LogP contribution is 2.40. The number of primary amides is 1. The maximum atomic E-state index is 13.0. The zero-order valence-corrected chi connectivity index (χ0v) is 18.2. The maximum Gasteiger partial charge on any atom is 0.251 e. The van der Waals surface area contributed by atoms with Crippen LogP contribution in [-0.4, -0.2) is 29.8 Å². The van der Waals surface area contributed by atoms with E-state index in [1.165, 1.54) is 32.2 Å². The highest BCUT2D eigenvalue weighted by molar-refractivity contribution is 7.17. The lowest BCUT2D eigenvalue weighted by molar-refractivity contribution is -0.117. The third-order valence-electron chi connectivity index (χ3n) is 5.95. The second-order valence-electron chi connectivity index (χ2n) is 7.81. The van der Waals surface area contributed by atoms with Crippen molar-refractivity contribution in [3.05, 3.63) is 73.8 Å².